The molecule has 8 heteroatoms. The first-order valence-corrected chi connectivity index (χ1v) is 10.3. The van der Waals surface area contributed by atoms with E-state index in [2.05, 4.69) is 5.32 Å². The fourth-order valence-corrected chi connectivity index (χ4v) is 3.09. The maximum atomic E-state index is 14.0. The Balaban J connectivity index is 1.53. The highest BCUT2D eigenvalue weighted by Gasteiger charge is 2.31. The number of nitrogens with two attached hydrogens (primary N) is 1. The highest BCUT2D eigenvalue weighted by Crippen LogP contribution is 2.28. The highest BCUT2D eigenvalue weighted by atomic mass is 19.3. The second-order valence-electron chi connectivity index (χ2n) is 7.40. The number of ether oxygens (including phenoxy) is 1. The van der Waals surface area contributed by atoms with Gasteiger partial charge in [-0.25, -0.2) is 0 Å². The fourth-order valence-electron chi connectivity index (χ4n) is 3.09. The quantitative estimate of drug-likeness (QED) is 0.340. The summed E-state index contributed by atoms with van der Waals surface area (Å²) in [7, 11) is 0. The maximum absolute atomic E-state index is 14.0. The van der Waals surface area contributed by atoms with E-state index in [4.69, 9.17) is 10.5 Å². The zero-order valence-electron chi connectivity index (χ0n) is 17.4. The minimum absolute atomic E-state index is 0.0275. The van der Waals surface area contributed by atoms with Crippen molar-refractivity contribution in [3.8, 4) is 5.75 Å². The van der Waals surface area contributed by atoms with Crippen molar-refractivity contribution < 1.29 is 28.5 Å². The molecule has 1 amide bonds. The Kier molecular flexibility index (Phi) is 9.84. The van der Waals surface area contributed by atoms with Crippen molar-refractivity contribution in [2.75, 3.05) is 26.3 Å². The van der Waals surface area contributed by atoms with E-state index in [-0.39, 0.29) is 23.5 Å². The van der Waals surface area contributed by atoms with Gasteiger partial charge in [0, 0.05) is 18.7 Å². The number of primary amides is 1. The molecule has 170 valence electrons. The molecule has 1 atom stereocenters. The number of aliphatic hydroxyl groups is 1. The van der Waals surface area contributed by atoms with Gasteiger partial charge < -0.3 is 26.0 Å². The number of aliphatic hydroxyl groups excluding tert-OH is 1. The summed E-state index contributed by atoms with van der Waals surface area (Å²) in [6.07, 6.45) is 2.51. The van der Waals surface area contributed by atoms with Crippen LogP contribution in [0.4, 0.5) is 8.78 Å². The molecule has 31 heavy (non-hydrogen) atoms. The number of hydrogen-bond acceptors (Lipinski definition) is 5. The molecule has 0 aliphatic heterocycles. The normalized spacial score (nSPS) is 12.6. The molecule has 0 spiro atoms. The summed E-state index contributed by atoms with van der Waals surface area (Å²) in [6.45, 7) is 0.647. The van der Waals surface area contributed by atoms with Gasteiger partial charge in [-0.2, -0.15) is 8.78 Å². The van der Waals surface area contributed by atoms with Crippen molar-refractivity contribution in [1.82, 2.24) is 5.32 Å². The van der Waals surface area contributed by atoms with Crippen LogP contribution in [0.2, 0.25) is 0 Å². The predicted molar refractivity (Wildman–Crippen MR) is 114 cm³/mol. The van der Waals surface area contributed by atoms with Crippen molar-refractivity contribution >= 4 is 5.91 Å². The Hall–Kier alpha value is -2.55. The monoisotopic (exact) mass is 436 g/mol. The van der Waals surface area contributed by atoms with E-state index in [1.54, 1.807) is 18.2 Å². The molecule has 0 bridgehead atoms. The third-order valence-electron chi connectivity index (χ3n) is 4.88. The molecular formula is C23H30F2N2O4. The predicted octanol–water partition coefficient (Wildman–Crippen LogP) is 3.48. The van der Waals surface area contributed by atoms with Crippen LogP contribution in [0, 0.1) is 0 Å². The molecule has 6 nitrogen and oxygen atoms in total. The van der Waals surface area contributed by atoms with Crippen LogP contribution in [0.15, 0.2) is 48.5 Å². The van der Waals surface area contributed by atoms with Crippen LogP contribution in [-0.4, -0.2) is 42.4 Å². The average Bonchev–Trinajstić information content (AvgIpc) is 2.75. The Morgan fingerprint density at radius 3 is 2.52 bits per heavy atom. The van der Waals surface area contributed by atoms with Gasteiger partial charge in [0.1, 0.15) is 12.4 Å². The Morgan fingerprint density at radius 2 is 1.81 bits per heavy atom. The third kappa shape index (κ3) is 8.24. The minimum Gasteiger partial charge on any atom is -0.507 e. The Labute approximate surface area is 181 Å². The van der Waals surface area contributed by atoms with Gasteiger partial charge in [0.25, 0.3) is 11.8 Å². The fraction of sp³-hybridized carbons (Fsp3) is 0.435. The molecule has 1 unspecified atom stereocenters. The van der Waals surface area contributed by atoms with Gasteiger partial charge in [0.15, 0.2) is 0 Å². The number of nitrogens with one attached hydrogen (secondary N) is 1. The van der Waals surface area contributed by atoms with Crippen LogP contribution in [0.5, 0.6) is 5.75 Å². The summed E-state index contributed by atoms with van der Waals surface area (Å²) >= 11 is 0. The van der Waals surface area contributed by atoms with E-state index in [1.807, 2.05) is 0 Å². The summed E-state index contributed by atoms with van der Waals surface area (Å²) < 4.78 is 33.0. The van der Waals surface area contributed by atoms with E-state index in [1.165, 1.54) is 30.3 Å². The number of hydrogen-bond donors (Lipinski definition) is 4. The molecule has 2 aromatic rings. The van der Waals surface area contributed by atoms with E-state index in [0.29, 0.717) is 25.1 Å². The topological polar surface area (TPSA) is 105 Å². The highest BCUT2D eigenvalue weighted by molar-refractivity contribution is 5.95. The minimum atomic E-state index is -2.98. The molecule has 0 heterocycles. The summed E-state index contributed by atoms with van der Waals surface area (Å²) in [6, 6.07) is 11.9. The van der Waals surface area contributed by atoms with Gasteiger partial charge in [0.05, 0.1) is 11.7 Å². The number of benzene rings is 2. The van der Waals surface area contributed by atoms with E-state index in [0.717, 1.165) is 19.3 Å². The molecule has 0 saturated carbocycles. The first-order valence-electron chi connectivity index (χ1n) is 10.3. The lowest BCUT2D eigenvalue weighted by atomic mass is 10.0. The maximum Gasteiger partial charge on any atom is 0.296 e. The van der Waals surface area contributed by atoms with Crippen molar-refractivity contribution in [3.63, 3.8) is 0 Å². The summed E-state index contributed by atoms with van der Waals surface area (Å²) in [5.41, 5.74) is 5.61. The number of carbonyl (C=O) groups excluding carboxylic acids is 1. The van der Waals surface area contributed by atoms with Gasteiger partial charge in [-0.3, -0.25) is 4.79 Å². The van der Waals surface area contributed by atoms with Crippen LogP contribution in [0.25, 0.3) is 0 Å². The molecule has 2 aromatic carbocycles. The number of phenols is 1. The number of amides is 1. The molecule has 0 saturated heterocycles. The number of alkyl halides is 2. The SMILES string of the molecule is NC(=O)c1cc(C(O)CNCCCCCCOCC(F)(F)c2ccccc2)ccc1O. The standard InChI is InChI=1S/C23H30F2N2O4/c24-23(25,18-8-4-3-5-9-18)16-31-13-7-2-1-6-12-27-15-21(29)17-10-11-20(28)19(14-17)22(26)30/h3-5,8-11,14,21,27-29H,1-2,6-7,12-13,15-16H2,(H2,26,30). The molecule has 0 radical (unpaired) electrons. The summed E-state index contributed by atoms with van der Waals surface area (Å²) in [4.78, 5) is 11.3. The smallest absolute Gasteiger partial charge is 0.296 e. The van der Waals surface area contributed by atoms with Gasteiger partial charge in [-0.15, -0.1) is 0 Å². The molecule has 0 aliphatic carbocycles. The van der Waals surface area contributed by atoms with Crippen molar-refractivity contribution in [2.24, 2.45) is 5.73 Å². The number of rotatable bonds is 14. The van der Waals surface area contributed by atoms with E-state index < -0.39 is 24.5 Å². The lowest BCUT2D eigenvalue weighted by Gasteiger charge is -2.16. The van der Waals surface area contributed by atoms with Crippen molar-refractivity contribution in [3.05, 3.63) is 65.2 Å². The number of carbonyl (C=O) groups is 1. The van der Waals surface area contributed by atoms with Crippen LogP contribution in [0.1, 0.15) is 53.3 Å². The van der Waals surface area contributed by atoms with E-state index in [9.17, 15) is 23.8 Å². The molecule has 0 aromatic heterocycles. The van der Waals surface area contributed by atoms with Crippen LogP contribution < -0.4 is 11.1 Å². The Morgan fingerprint density at radius 1 is 1.10 bits per heavy atom. The van der Waals surface area contributed by atoms with Gasteiger partial charge in [0.2, 0.25) is 0 Å². The molecule has 0 fully saturated rings. The van der Waals surface area contributed by atoms with Gasteiger partial charge >= 0.3 is 0 Å². The van der Waals surface area contributed by atoms with E-state index >= 15 is 0 Å². The third-order valence-corrected chi connectivity index (χ3v) is 4.88. The largest absolute Gasteiger partial charge is 0.507 e. The zero-order valence-corrected chi connectivity index (χ0v) is 17.4. The molecule has 5 N–H and O–H groups in total. The molecular weight excluding hydrogens is 406 g/mol. The van der Waals surface area contributed by atoms with Crippen molar-refractivity contribution in [2.45, 2.75) is 37.7 Å². The Bertz CT molecular complexity index is 818. The van der Waals surface area contributed by atoms with Crippen molar-refractivity contribution in [1.29, 1.82) is 0 Å². The van der Waals surface area contributed by atoms with Crippen LogP contribution >= 0.6 is 0 Å². The lowest BCUT2D eigenvalue weighted by Crippen LogP contribution is -2.23. The zero-order chi connectivity index (χ0) is 22.7. The number of halogens is 2. The molecule has 2 rings (SSSR count). The number of unbranched alkanes of at least 4 members (excludes halogenated alkanes) is 3. The van der Waals surface area contributed by atoms with Gasteiger partial charge in [-0.05, 0) is 37.1 Å². The number of aromatic hydroxyl groups is 1. The lowest BCUT2D eigenvalue weighted by molar-refractivity contribution is -0.0831. The first kappa shape index (κ1) is 24.7. The first-order chi connectivity index (χ1) is 14.8. The summed E-state index contributed by atoms with van der Waals surface area (Å²) in [5, 5.41) is 22.9. The van der Waals surface area contributed by atoms with Crippen LogP contribution in [0.3, 0.4) is 0 Å². The second-order valence-corrected chi connectivity index (χ2v) is 7.40. The van der Waals surface area contributed by atoms with Crippen LogP contribution in [-0.2, 0) is 10.7 Å². The molecule has 0 aliphatic rings. The average molecular weight is 436 g/mol. The second kappa shape index (κ2) is 12.3. The summed E-state index contributed by atoms with van der Waals surface area (Å²) in [5.74, 6) is -3.96. The van der Waals surface area contributed by atoms with Gasteiger partial charge in [-0.1, -0.05) is 49.2 Å².